The Morgan fingerprint density at radius 1 is 1.35 bits per heavy atom. The Labute approximate surface area is 98.4 Å². The maximum atomic E-state index is 5.24. The van der Waals surface area contributed by atoms with Crippen LogP contribution in [0.1, 0.15) is 36.9 Å². The van der Waals surface area contributed by atoms with Crippen molar-refractivity contribution in [1.82, 2.24) is 20.6 Å². The fourth-order valence-electron chi connectivity index (χ4n) is 2.06. The van der Waals surface area contributed by atoms with Crippen LogP contribution < -0.4 is 5.32 Å². The zero-order valence-corrected chi connectivity index (χ0v) is 9.64. The van der Waals surface area contributed by atoms with E-state index < -0.39 is 0 Å². The van der Waals surface area contributed by atoms with Crippen molar-refractivity contribution in [1.29, 1.82) is 0 Å². The molecular weight excluding hydrogens is 220 g/mol. The highest BCUT2D eigenvalue weighted by molar-refractivity contribution is 5.53. The summed E-state index contributed by atoms with van der Waals surface area (Å²) in [6.45, 7) is 2.84. The first-order valence-electron chi connectivity index (χ1n) is 5.83. The lowest BCUT2D eigenvalue weighted by Gasteiger charge is -2.19. The van der Waals surface area contributed by atoms with Crippen LogP contribution in [-0.4, -0.2) is 21.8 Å². The quantitative estimate of drug-likeness (QED) is 0.854. The van der Waals surface area contributed by atoms with Gasteiger partial charge in [-0.15, -0.1) is 0 Å². The summed E-state index contributed by atoms with van der Waals surface area (Å²) in [6.07, 6.45) is 5.07. The Bertz CT molecular complexity index is 499. The maximum absolute atomic E-state index is 5.24. The maximum Gasteiger partial charge on any atom is 0.263 e. The van der Waals surface area contributed by atoms with Gasteiger partial charge in [0.15, 0.2) is 5.82 Å². The van der Waals surface area contributed by atoms with Gasteiger partial charge >= 0.3 is 0 Å². The van der Waals surface area contributed by atoms with Crippen LogP contribution in [0.15, 0.2) is 15.2 Å². The second kappa shape index (κ2) is 4.29. The molecule has 1 aliphatic heterocycles. The topological polar surface area (TPSA) is 77.0 Å². The molecule has 90 valence electrons. The highest BCUT2D eigenvalue weighted by Crippen LogP contribution is 2.25. The minimum absolute atomic E-state index is 0.210. The van der Waals surface area contributed by atoms with E-state index in [0.717, 1.165) is 24.4 Å². The number of nitrogens with one attached hydrogen (secondary N) is 1. The van der Waals surface area contributed by atoms with Crippen molar-refractivity contribution in [2.45, 2.75) is 32.2 Å². The Kier molecular flexibility index (Phi) is 2.64. The van der Waals surface area contributed by atoms with Crippen LogP contribution in [0, 0.1) is 6.92 Å². The van der Waals surface area contributed by atoms with Crippen LogP contribution in [0.4, 0.5) is 0 Å². The standard InChI is InChI=1S/C11H14N4O2/c1-7-8(6-13-16-7)11-14-10(15-17-11)9-4-2-3-5-12-9/h6,9,12H,2-5H2,1H3. The summed E-state index contributed by atoms with van der Waals surface area (Å²) in [6, 6.07) is 0.210. The minimum Gasteiger partial charge on any atom is -0.361 e. The number of aryl methyl sites for hydroxylation is 1. The average Bonchev–Trinajstić information content (AvgIpc) is 2.98. The van der Waals surface area contributed by atoms with Gasteiger partial charge in [-0.2, -0.15) is 4.98 Å². The first-order valence-corrected chi connectivity index (χ1v) is 5.83. The molecule has 0 saturated carbocycles. The molecular formula is C11H14N4O2. The Morgan fingerprint density at radius 2 is 2.29 bits per heavy atom. The molecule has 2 aromatic heterocycles. The molecule has 1 atom stereocenters. The van der Waals surface area contributed by atoms with Crippen molar-refractivity contribution in [3.63, 3.8) is 0 Å². The zero-order valence-electron chi connectivity index (χ0n) is 9.64. The summed E-state index contributed by atoms with van der Waals surface area (Å²) in [7, 11) is 0. The molecule has 1 fully saturated rings. The summed E-state index contributed by atoms with van der Waals surface area (Å²) >= 11 is 0. The lowest BCUT2D eigenvalue weighted by atomic mass is 10.0. The van der Waals surface area contributed by atoms with E-state index in [4.69, 9.17) is 9.05 Å². The largest absolute Gasteiger partial charge is 0.361 e. The summed E-state index contributed by atoms with van der Waals surface area (Å²) in [5.74, 6) is 1.89. The van der Waals surface area contributed by atoms with Crippen molar-refractivity contribution < 1.29 is 9.05 Å². The van der Waals surface area contributed by atoms with Crippen molar-refractivity contribution in [2.75, 3.05) is 6.54 Å². The third-order valence-electron chi connectivity index (χ3n) is 3.04. The monoisotopic (exact) mass is 234 g/mol. The van der Waals surface area contributed by atoms with Crippen LogP contribution in [0.25, 0.3) is 11.5 Å². The molecule has 0 bridgehead atoms. The van der Waals surface area contributed by atoms with Gasteiger partial charge in [-0.05, 0) is 26.3 Å². The van der Waals surface area contributed by atoms with Gasteiger partial charge in [0, 0.05) is 0 Å². The molecule has 3 heterocycles. The van der Waals surface area contributed by atoms with Crippen LogP contribution in [0.3, 0.4) is 0 Å². The first-order chi connectivity index (χ1) is 8.34. The average molecular weight is 234 g/mol. The number of aromatic nitrogens is 3. The predicted octanol–water partition coefficient (Wildman–Crippen LogP) is 1.85. The van der Waals surface area contributed by atoms with E-state index in [1.54, 1.807) is 6.20 Å². The Hall–Kier alpha value is -1.69. The van der Waals surface area contributed by atoms with Crippen LogP contribution in [-0.2, 0) is 0 Å². The third kappa shape index (κ3) is 1.95. The van der Waals surface area contributed by atoms with Crippen LogP contribution in [0.5, 0.6) is 0 Å². The second-order valence-corrected chi connectivity index (χ2v) is 4.26. The number of hydrogen-bond acceptors (Lipinski definition) is 6. The van der Waals surface area contributed by atoms with Gasteiger partial charge in [-0.3, -0.25) is 0 Å². The fraction of sp³-hybridized carbons (Fsp3) is 0.545. The molecule has 6 heteroatoms. The third-order valence-corrected chi connectivity index (χ3v) is 3.04. The van der Waals surface area contributed by atoms with E-state index in [-0.39, 0.29) is 6.04 Å². The normalized spacial score (nSPS) is 20.6. The minimum atomic E-state index is 0.210. The van der Waals surface area contributed by atoms with Gasteiger partial charge in [-0.25, -0.2) is 0 Å². The summed E-state index contributed by atoms with van der Waals surface area (Å²) in [4.78, 5) is 4.40. The molecule has 0 aliphatic carbocycles. The lowest BCUT2D eigenvalue weighted by Crippen LogP contribution is -2.27. The van der Waals surface area contributed by atoms with Crippen LogP contribution in [0.2, 0.25) is 0 Å². The molecule has 1 N–H and O–H groups in total. The van der Waals surface area contributed by atoms with Crippen molar-refractivity contribution in [2.24, 2.45) is 0 Å². The Balaban J connectivity index is 1.85. The molecule has 0 radical (unpaired) electrons. The number of hydrogen-bond donors (Lipinski definition) is 1. The van der Waals surface area contributed by atoms with Crippen molar-refractivity contribution in [3.05, 3.63) is 17.8 Å². The van der Waals surface area contributed by atoms with Crippen LogP contribution >= 0.6 is 0 Å². The number of nitrogens with zero attached hydrogens (tertiary/aromatic N) is 3. The van der Waals surface area contributed by atoms with Gasteiger partial charge < -0.3 is 14.4 Å². The van der Waals surface area contributed by atoms with Gasteiger partial charge in [-0.1, -0.05) is 16.7 Å². The van der Waals surface area contributed by atoms with Gasteiger partial charge in [0.25, 0.3) is 5.89 Å². The van der Waals surface area contributed by atoms with E-state index in [1.807, 2.05) is 6.92 Å². The molecule has 0 aromatic carbocycles. The molecule has 6 nitrogen and oxygen atoms in total. The van der Waals surface area contributed by atoms with Crippen molar-refractivity contribution in [3.8, 4) is 11.5 Å². The van der Waals surface area contributed by atoms with Crippen molar-refractivity contribution >= 4 is 0 Å². The summed E-state index contributed by atoms with van der Waals surface area (Å²) < 4.78 is 10.2. The highest BCUT2D eigenvalue weighted by atomic mass is 16.5. The number of rotatable bonds is 2. The molecule has 3 rings (SSSR count). The second-order valence-electron chi connectivity index (χ2n) is 4.26. The number of piperidine rings is 1. The molecule has 1 saturated heterocycles. The van der Waals surface area contributed by atoms with E-state index in [0.29, 0.717) is 11.7 Å². The predicted molar refractivity (Wildman–Crippen MR) is 59.1 cm³/mol. The Morgan fingerprint density at radius 3 is 3.00 bits per heavy atom. The van der Waals surface area contributed by atoms with E-state index in [1.165, 1.54) is 12.8 Å². The summed E-state index contributed by atoms with van der Waals surface area (Å²) in [5, 5.41) is 11.1. The van der Waals surface area contributed by atoms with E-state index >= 15 is 0 Å². The molecule has 17 heavy (non-hydrogen) atoms. The molecule has 2 aromatic rings. The van der Waals surface area contributed by atoms with E-state index in [9.17, 15) is 0 Å². The molecule has 0 spiro atoms. The van der Waals surface area contributed by atoms with E-state index in [2.05, 4.69) is 20.6 Å². The van der Waals surface area contributed by atoms with Gasteiger partial charge in [0.1, 0.15) is 11.3 Å². The highest BCUT2D eigenvalue weighted by Gasteiger charge is 2.22. The lowest BCUT2D eigenvalue weighted by molar-refractivity contribution is 0.366. The smallest absolute Gasteiger partial charge is 0.263 e. The SMILES string of the molecule is Cc1oncc1-c1nc(C2CCCCN2)no1. The zero-order chi connectivity index (χ0) is 11.7. The fourth-order valence-corrected chi connectivity index (χ4v) is 2.06. The molecule has 1 unspecified atom stereocenters. The van der Waals surface area contributed by atoms with Gasteiger partial charge in [0.2, 0.25) is 0 Å². The molecule has 0 amide bonds. The summed E-state index contributed by atoms with van der Waals surface area (Å²) in [5.41, 5.74) is 0.763. The molecule has 1 aliphatic rings. The van der Waals surface area contributed by atoms with Gasteiger partial charge in [0.05, 0.1) is 12.2 Å². The first kappa shape index (κ1) is 10.5.